The van der Waals surface area contributed by atoms with E-state index in [1.807, 2.05) is 30.9 Å². The largest absolute Gasteiger partial charge is 0.477 e. The fourth-order valence-electron chi connectivity index (χ4n) is 7.16. The summed E-state index contributed by atoms with van der Waals surface area (Å²) in [5.74, 6) is 1.14. The molecule has 2 saturated carbocycles. The van der Waals surface area contributed by atoms with Gasteiger partial charge in [-0.3, -0.25) is 9.59 Å². The Morgan fingerprint density at radius 3 is 2.73 bits per heavy atom. The number of benzene rings is 1. The van der Waals surface area contributed by atoms with Crippen molar-refractivity contribution in [3.8, 4) is 11.5 Å². The van der Waals surface area contributed by atoms with Gasteiger partial charge >= 0.3 is 5.97 Å². The molecule has 1 aromatic rings. The fourth-order valence-corrected chi connectivity index (χ4v) is 7.16. The lowest BCUT2D eigenvalue weighted by atomic mass is 9.50. The van der Waals surface area contributed by atoms with Gasteiger partial charge in [-0.05, 0) is 62.7 Å². The van der Waals surface area contributed by atoms with Crippen LogP contribution in [-0.4, -0.2) is 57.6 Å². The van der Waals surface area contributed by atoms with E-state index < -0.39 is 29.5 Å². The number of esters is 1. The highest BCUT2D eigenvalue weighted by Gasteiger charge is 2.73. The van der Waals surface area contributed by atoms with Crippen LogP contribution in [0.2, 0.25) is 0 Å². The molecule has 2 N–H and O–H groups in total. The summed E-state index contributed by atoms with van der Waals surface area (Å²) < 4.78 is 18.5. The predicted octanol–water partition coefficient (Wildman–Crippen LogP) is 2.97. The highest BCUT2D eigenvalue weighted by Crippen LogP contribution is 2.66. The normalized spacial score (nSPS) is 34.6. The molecule has 6 aliphatic rings. The van der Waals surface area contributed by atoms with E-state index in [1.165, 1.54) is 0 Å². The second-order valence-electron chi connectivity index (χ2n) is 12.0. The van der Waals surface area contributed by atoms with Gasteiger partial charge in [0.1, 0.15) is 11.4 Å². The Kier molecular flexibility index (Phi) is 5.06. The predicted molar refractivity (Wildman–Crippen MR) is 132 cm³/mol. The first-order valence-electron chi connectivity index (χ1n) is 13.9. The summed E-state index contributed by atoms with van der Waals surface area (Å²) in [7, 11) is 0. The number of hydrogen-bond acceptors (Lipinski definition) is 7. The minimum absolute atomic E-state index is 0.0614. The van der Waals surface area contributed by atoms with Crippen LogP contribution in [0.15, 0.2) is 24.0 Å². The van der Waals surface area contributed by atoms with Crippen LogP contribution in [0.3, 0.4) is 0 Å². The molecule has 4 aliphatic carbocycles. The lowest BCUT2D eigenvalue weighted by Gasteiger charge is -2.62. The Bertz CT molecular complexity index is 1200. The highest BCUT2D eigenvalue weighted by molar-refractivity contribution is 5.81. The van der Waals surface area contributed by atoms with Crippen LogP contribution >= 0.6 is 0 Å². The molecule has 2 bridgehead atoms. The molecule has 8 heteroatoms. The third kappa shape index (κ3) is 3.21. The van der Waals surface area contributed by atoms with Gasteiger partial charge in [-0.2, -0.15) is 0 Å². The Hall–Kier alpha value is -2.58. The van der Waals surface area contributed by atoms with Crippen molar-refractivity contribution in [1.29, 1.82) is 0 Å². The number of likely N-dealkylation sites (tertiary alicyclic amines) is 1. The number of nitrogens with zero attached hydrogens (tertiary/aromatic N) is 1. The molecule has 2 heterocycles. The number of rotatable bonds is 7. The number of aliphatic hydroxyl groups excluding tert-OH is 1. The van der Waals surface area contributed by atoms with E-state index in [-0.39, 0.29) is 29.6 Å². The number of carbonyl (C=O) groups is 2. The summed E-state index contributed by atoms with van der Waals surface area (Å²) in [5, 5.41) is 23.2. The third-order valence-electron chi connectivity index (χ3n) is 9.79. The highest BCUT2D eigenvalue weighted by atomic mass is 16.6. The first kappa shape index (κ1) is 23.5. The van der Waals surface area contributed by atoms with E-state index >= 15 is 0 Å². The van der Waals surface area contributed by atoms with Gasteiger partial charge in [0.2, 0.25) is 5.91 Å². The second-order valence-corrected chi connectivity index (χ2v) is 12.0. The summed E-state index contributed by atoms with van der Waals surface area (Å²) in [6.07, 6.45) is 5.82. The lowest BCUT2D eigenvalue weighted by Crippen LogP contribution is -2.76. The summed E-state index contributed by atoms with van der Waals surface area (Å²) >= 11 is 0. The van der Waals surface area contributed by atoms with Crippen LogP contribution < -0.4 is 9.47 Å². The van der Waals surface area contributed by atoms with Crippen molar-refractivity contribution in [3.63, 3.8) is 0 Å². The van der Waals surface area contributed by atoms with Crippen LogP contribution in [0.5, 0.6) is 11.5 Å². The van der Waals surface area contributed by atoms with Gasteiger partial charge in [0.25, 0.3) is 0 Å². The SMILES string of the molecule is CCC(C)C(=O)N1CCC23c4c5ccc(OC(=O)C6CC6)c4OC2C(OC(O)C2CC2)=CCC3(O)C1C5. The number of amides is 1. The number of hydrogen-bond donors (Lipinski definition) is 2. The molecular weight excluding hydrogens is 474 g/mol. The van der Waals surface area contributed by atoms with E-state index in [1.54, 1.807) is 6.07 Å². The van der Waals surface area contributed by atoms with Crippen molar-refractivity contribution in [2.45, 2.75) is 94.7 Å². The van der Waals surface area contributed by atoms with Gasteiger partial charge < -0.3 is 29.3 Å². The van der Waals surface area contributed by atoms with Crippen LogP contribution in [0.1, 0.15) is 69.9 Å². The van der Waals surface area contributed by atoms with Gasteiger partial charge in [-0.1, -0.05) is 19.9 Å². The monoisotopic (exact) mass is 509 g/mol. The second kappa shape index (κ2) is 7.96. The van der Waals surface area contributed by atoms with Crippen LogP contribution in [0.4, 0.5) is 0 Å². The zero-order chi connectivity index (χ0) is 25.7. The molecule has 6 unspecified atom stereocenters. The van der Waals surface area contributed by atoms with Crippen LogP contribution in [0, 0.1) is 17.8 Å². The number of aliphatic hydroxyl groups is 2. The van der Waals surface area contributed by atoms with Crippen molar-refractivity contribution in [1.82, 2.24) is 4.90 Å². The molecule has 0 aromatic heterocycles. The molecule has 6 atom stereocenters. The minimum Gasteiger partial charge on any atom is -0.477 e. The summed E-state index contributed by atoms with van der Waals surface area (Å²) in [4.78, 5) is 27.9. The van der Waals surface area contributed by atoms with Gasteiger partial charge in [0, 0.05) is 30.4 Å². The molecule has 7 rings (SSSR count). The Morgan fingerprint density at radius 2 is 2.03 bits per heavy atom. The number of carbonyl (C=O) groups excluding carboxylic acids is 2. The van der Waals surface area contributed by atoms with Crippen LogP contribution in [0.25, 0.3) is 0 Å². The van der Waals surface area contributed by atoms with Crippen LogP contribution in [-0.2, 0) is 26.2 Å². The van der Waals surface area contributed by atoms with E-state index in [0.29, 0.717) is 43.1 Å². The van der Waals surface area contributed by atoms with Gasteiger partial charge in [-0.25, -0.2) is 0 Å². The Balaban J connectivity index is 1.35. The molecule has 1 saturated heterocycles. The van der Waals surface area contributed by atoms with E-state index in [0.717, 1.165) is 43.2 Å². The lowest BCUT2D eigenvalue weighted by molar-refractivity contribution is -0.188. The van der Waals surface area contributed by atoms with E-state index in [2.05, 4.69) is 0 Å². The summed E-state index contributed by atoms with van der Waals surface area (Å²) in [5.41, 5.74) is -0.247. The zero-order valence-corrected chi connectivity index (χ0v) is 21.4. The Labute approximate surface area is 216 Å². The summed E-state index contributed by atoms with van der Waals surface area (Å²) in [6.45, 7) is 4.45. The molecule has 8 nitrogen and oxygen atoms in total. The molecule has 1 aromatic carbocycles. The molecule has 37 heavy (non-hydrogen) atoms. The van der Waals surface area contributed by atoms with Gasteiger partial charge in [-0.15, -0.1) is 0 Å². The molecule has 1 spiro atoms. The van der Waals surface area contributed by atoms with E-state index in [4.69, 9.17) is 14.2 Å². The maximum atomic E-state index is 13.4. The average Bonchev–Trinajstić information content (AvgIpc) is 3.79. The summed E-state index contributed by atoms with van der Waals surface area (Å²) in [6, 6.07) is 3.34. The average molecular weight is 510 g/mol. The standard InChI is InChI=1S/C29H35NO7/c1-3-15(2)25(31)30-13-12-28-22-18-8-9-19(35-26(32)16-4-5-16)23(22)37-24(28)20(36-27(33)17-6-7-17)10-11-29(28,34)21(30)14-18/h8-10,15-17,21,24,27,33-34H,3-7,11-14H2,1-2H3. The van der Waals surface area contributed by atoms with Gasteiger partial charge in [0.15, 0.2) is 23.9 Å². The molecule has 2 aliphatic heterocycles. The third-order valence-corrected chi connectivity index (χ3v) is 9.79. The Morgan fingerprint density at radius 1 is 1.24 bits per heavy atom. The number of ether oxygens (including phenoxy) is 3. The van der Waals surface area contributed by atoms with Crippen molar-refractivity contribution in [3.05, 3.63) is 35.1 Å². The first-order valence-corrected chi connectivity index (χ1v) is 13.9. The van der Waals surface area contributed by atoms with Crippen molar-refractivity contribution in [2.75, 3.05) is 6.54 Å². The molecule has 3 fully saturated rings. The number of piperidine rings is 1. The first-order chi connectivity index (χ1) is 17.8. The molecular formula is C29H35NO7. The molecule has 198 valence electrons. The molecule has 1 amide bonds. The minimum atomic E-state index is -1.27. The topological polar surface area (TPSA) is 106 Å². The smallest absolute Gasteiger partial charge is 0.314 e. The van der Waals surface area contributed by atoms with Crippen molar-refractivity contribution in [2.24, 2.45) is 17.8 Å². The quantitative estimate of drug-likeness (QED) is 0.331. The van der Waals surface area contributed by atoms with Crippen molar-refractivity contribution >= 4 is 11.9 Å². The van der Waals surface area contributed by atoms with E-state index in [9.17, 15) is 19.8 Å². The fraction of sp³-hybridized carbons (Fsp3) is 0.655. The maximum Gasteiger partial charge on any atom is 0.314 e. The van der Waals surface area contributed by atoms with Crippen molar-refractivity contribution < 1.29 is 34.0 Å². The maximum absolute atomic E-state index is 13.4. The molecule has 0 radical (unpaired) electrons. The zero-order valence-electron chi connectivity index (χ0n) is 21.4. The van der Waals surface area contributed by atoms with Gasteiger partial charge in [0.05, 0.1) is 17.4 Å².